The fourth-order valence-electron chi connectivity index (χ4n) is 1.58. The third kappa shape index (κ3) is 8.12. The van der Waals surface area contributed by atoms with Crippen LogP contribution in [0.3, 0.4) is 0 Å². The minimum absolute atomic E-state index is 0. The van der Waals surface area contributed by atoms with Gasteiger partial charge in [0.05, 0.1) is 11.6 Å². The lowest BCUT2D eigenvalue weighted by Crippen LogP contribution is -2.15. The number of carbonyl (C=O) groups is 1. The van der Waals surface area contributed by atoms with Gasteiger partial charge in [-0.3, -0.25) is 4.79 Å². The van der Waals surface area contributed by atoms with Crippen LogP contribution in [0.25, 0.3) is 0 Å². The maximum Gasteiger partial charge on any atom is 0.224 e. The lowest BCUT2D eigenvalue weighted by molar-refractivity contribution is -0.116. The van der Waals surface area contributed by atoms with Crippen molar-refractivity contribution in [3.8, 4) is 5.75 Å². The van der Waals surface area contributed by atoms with Crippen molar-refractivity contribution in [1.29, 1.82) is 0 Å². The molecule has 0 saturated carbocycles. The molecular weight excluding hydrogens is 315 g/mol. The van der Waals surface area contributed by atoms with Crippen molar-refractivity contribution < 1.29 is 14.3 Å². The van der Waals surface area contributed by atoms with Gasteiger partial charge in [-0.25, -0.2) is 0 Å². The van der Waals surface area contributed by atoms with E-state index in [1.807, 2.05) is 7.05 Å². The van der Waals surface area contributed by atoms with E-state index in [2.05, 4.69) is 10.6 Å². The second kappa shape index (κ2) is 11.6. The lowest BCUT2D eigenvalue weighted by atomic mass is 10.2. The second-order valence-electron chi connectivity index (χ2n) is 4.24. The summed E-state index contributed by atoms with van der Waals surface area (Å²) in [5.74, 6) is 0.557. The van der Waals surface area contributed by atoms with Gasteiger partial charge in [-0.15, -0.1) is 12.4 Å². The average Bonchev–Trinajstić information content (AvgIpc) is 2.42. The van der Waals surface area contributed by atoms with Crippen LogP contribution >= 0.6 is 24.0 Å². The Balaban J connectivity index is 0.00000400. The number of hydrogen-bond acceptors (Lipinski definition) is 4. The SMILES string of the molecule is CNCCCC(=O)Nc1ccc(OCCOC)c(Cl)c1.Cl. The number of hydrogen-bond donors (Lipinski definition) is 2. The highest BCUT2D eigenvalue weighted by Gasteiger charge is 2.06. The van der Waals surface area contributed by atoms with Crippen LogP contribution in [0, 0.1) is 0 Å². The smallest absolute Gasteiger partial charge is 0.224 e. The number of halogens is 2. The molecule has 1 rings (SSSR count). The van der Waals surface area contributed by atoms with Crippen molar-refractivity contribution in [2.45, 2.75) is 12.8 Å². The number of benzene rings is 1. The largest absolute Gasteiger partial charge is 0.490 e. The zero-order chi connectivity index (χ0) is 14.8. The molecule has 0 heterocycles. The van der Waals surface area contributed by atoms with Crippen LogP contribution in [0.15, 0.2) is 18.2 Å². The fraction of sp³-hybridized carbons (Fsp3) is 0.500. The molecule has 5 nitrogen and oxygen atoms in total. The van der Waals surface area contributed by atoms with Crippen molar-refractivity contribution in [3.05, 3.63) is 23.2 Å². The molecule has 0 spiro atoms. The summed E-state index contributed by atoms with van der Waals surface area (Å²) in [6.07, 6.45) is 1.28. The first-order valence-corrected chi connectivity index (χ1v) is 6.91. The van der Waals surface area contributed by atoms with Gasteiger partial charge in [0, 0.05) is 19.2 Å². The number of rotatable bonds is 9. The highest BCUT2D eigenvalue weighted by Crippen LogP contribution is 2.27. The summed E-state index contributed by atoms with van der Waals surface area (Å²) in [6.45, 7) is 1.76. The number of ether oxygens (including phenoxy) is 2. The molecule has 1 aromatic carbocycles. The van der Waals surface area contributed by atoms with E-state index in [-0.39, 0.29) is 18.3 Å². The molecule has 0 aliphatic rings. The molecule has 0 aromatic heterocycles. The Kier molecular flexibility index (Phi) is 11.1. The van der Waals surface area contributed by atoms with Crippen LogP contribution in [0.1, 0.15) is 12.8 Å². The van der Waals surface area contributed by atoms with Gasteiger partial charge in [0.1, 0.15) is 12.4 Å². The Morgan fingerprint density at radius 3 is 2.71 bits per heavy atom. The Morgan fingerprint density at radius 1 is 1.33 bits per heavy atom. The van der Waals surface area contributed by atoms with Crippen LogP contribution in [0.4, 0.5) is 5.69 Å². The zero-order valence-corrected chi connectivity index (χ0v) is 13.9. The lowest BCUT2D eigenvalue weighted by Gasteiger charge is -2.10. The fourth-order valence-corrected chi connectivity index (χ4v) is 1.81. The van der Waals surface area contributed by atoms with Crippen molar-refractivity contribution in [3.63, 3.8) is 0 Å². The second-order valence-corrected chi connectivity index (χ2v) is 4.65. The summed E-state index contributed by atoms with van der Waals surface area (Å²) >= 11 is 6.09. The normalized spacial score (nSPS) is 9.86. The molecular formula is C14H22Cl2N2O3. The van der Waals surface area contributed by atoms with Gasteiger partial charge in [0.15, 0.2) is 0 Å². The van der Waals surface area contributed by atoms with E-state index in [0.717, 1.165) is 13.0 Å². The van der Waals surface area contributed by atoms with Gasteiger partial charge >= 0.3 is 0 Å². The van der Waals surface area contributed by atoms with Gasteiger partial charge < -0.3 is 20.1 Å². The van der Waals surface area contributed by atoms with Crippen molar-refractivity contribution in [2.24, 2.45) is 0 Å². The summed E-state index contributed by atoms with van der Waals surface area (Å²) < 4.78 is 10.3. The quantitative estimate of drug-likeness (QED) is 0.680. The van der Waals surface area contributed by atoms with Crippen LogP contribution in [-0.2, 0) is 9.53 Å². The first kappa shape index (κ1) is 20.0. The van der Waals surface area contributed by atoms with E-state index in [9.17, 15) is 4.79 Å². The highest BCUT2D eigenvalue weighted by molar-refractivity contribution is 6.32. The van der Waals surface area contributed by atoms with Crippen molar-refractivity contribution >= 4 is 35.6 Å². The minimum Gasteiger partial charge on any atom is -0.490 e. The first-order chi connectivity index (χ1) is 9.67. The van der Waals surface area contributed by atoms with Crippen molar-refractivity contribution in [2.75, 3.05) is 39.2 Å². The molecule has 0 atom stereocenters. The average molecular weight is 337 g/mol. The van der Waals surface area contributed by atoms with Crippen molar-refractivity contribution in [1.82, 2.24) is 5.32 Å². The van der Waals surface area contributed by atoms with Crippen LogP contribution in [0.2, 0.25) is 5.02 Å². The van der Waals surface area contributed by atoms with Crippen LogP contribution < -0.4 is 15.4 Å². The van der Waals surface area contributed by atoms with Crippen LogP contribution in [0.5, 0.6) is 5.75 Å². The summed E-state index contributed by atoms with van der Waals surface area (Å²) in [7, 11) is 3.47. The molecule has 0 saturated heterocycles. The number of methoxy groups -OCH3 is 1. The maximum absolute atomic E-state index is 11.7. The zero-order valence-electron chi connectivity index (χ0n) is 12.3. The predicted octanol–water partition coefficient (Wildman–Crippen LogP) is 2.73. The van der Waals surface area contributed by atoms with Gasteiger partial charge in [0.2, 0.25) is 5.91 Å². The molecule has 0 unspecified atom stereocenters. The Hall–Kier alpha value is -1.01. The molecule has 1 amide bonds. The Bertz CT molecular complexity index is 431. The number of carbonyl (C=O) groups excluding carboxylic acids is 1. The molecule has 0 fully saturated rings. The van der Waals surface area contributed by atoms with Gasteiger partial charge in [-0.1, -0.05) is 11.6 Å². The third-order valence-electron chi connectivity index (χ3n) is 2.59. The molecule has 21 heavy (non-hydrogen) atoms. The first-order valence-electron chi connectivity index (χ1n) is 6.53. The van der Waals surface area contributed by atoms with Gasteiger partial charge in [0.25, 0.3) is 0 Å². The van der Waals surface area contributed by atoms with E-state index in [1.54, 1.807) is 25.3 Å². The predicted molar refractivity (Wildman–Crippen MR) is 87.9 cm³/mol. The van der Waals surface area contributed by atoms with E-state index in [0.29, 0.717) is 36.1 Å². The Morgan fingerprint density at radius 2 is 2.10 bits per heavy atom. The van der Waals surface area contributed by atoms with E-state index < -0.39 is 0 Å². The number of amides is 1. The van der Waals surface area contributed by atoms with E-state index in [4.69, 9.17) is 21.1 Å². The molecule has 0 aliphatic carbocycles. The number of anilines is 1. The Labute approximate surface area is 136 Å². The molecule has 0 aliphatic heterocycles. The topological polar surface area (TPSA) is 59.6 Å². The molecule has 0 bridgehead atoms. The molecule has 7 heteroatoms. The van der Waals surface area contributed by atoms with E-state index in [1.165, 1.54) is 0 Å². The molecule has 0 radical (unpaired) electrons. The summed E-state index contributed by atoms with van der Waals surface area (Å²) in [6, 6.07) is 5.19. The van der Waals surface area contributed by atoms with E-state index >= 15 is 0 Å². The number of nitrogens with one attached hydrogen (secondary N) is 2. The summed E-state index contributed by atoms with van der Waals surface area (Å²) in [5, 5.41) is 6.27. The van der Waals surface area contributed by atoms with Gasteiger partial charge in [-0.05, 0) is 38.2 Å². The van der Waals surface area contributed by atoms with Crippen LogP contribution in [-0.4, -0.2) is 39.8 Å². The third-order valence-corrected chi connectivity index (χ3v) is 2.89. The van der Waals surface area contributed by atoms with Gasteiger partial charge in [-0.2, -0.15) is 0 Å². The molecule has 2 N–H and O–H groups in total. The molecule has 1 aromatic rings. The standard InChI is InChI=1S/C14H21ClN2O3.ClH/c1-16-7-3-4-14(18)17-11-5-6-13(12(15)10-11)20-9-8-19-2;/h5-6,10,16H,3-4,7-9H2,1-2H3,(H,17,18);1H. The summed E-state index contributed by atoms with van der Waals surface area (Å²) in [5.41, 5.74) is 0.670. The molecule has 120 valence electrons. The minimum atomic E-state index is -0.0237. The monoisotopic (exact) mass is 336 g/mol. The summed E-state index contributed by atoms with van der Waals surface area (Å²) in [4.78, 5) is 11.7. The highest BCUT2D eigenvalue weighted by atomic mass is 35.5. The maximum atomic E-state index is 11.7.